The fourth-order valence-electron chi connectivity index (χ4n) is 6.01. The Balaban J connectivity index is 1.39. The van der Waals surface area contributed by atoms with Gasteiger partial charge in [0.2, 0.25) is 23.6 Å². The van der Waals surface area contributed by atoms with Gasteiger partial charge in [0.25, 0.3) is 0 Å². The maximum absolute atomic E-state index is 13.4. The summed E-state index contributed by atoms with van der Waals surface area (Å²) in [4.78, 5) is 53.7. The predicted octanol–water partition coefficient (Wildman–Crippen LogP) is 2.25. The number of nitrogens with zero attached hydrogens (tertiary/aromatic N) is 1. The van der Waals surface area contributed by atoms with E-state index in [0.717, 1.165) is 28.9 Å². The van der Waals surface area contributed by atoms with Gasteiger partial charge >= 0.3 is 0 Å². The number of amides is 4. The monoisotopic (exact) mass is 546 g/mol. The van der Waals surface area contributed by atoms with Crippen molar-refractivity contribution in [2.45, 2.75) is 70.7 Å². The van der Waals surface area contributed by atoms with Crippen LogP contribution in [-0.4, -0.2) is 59.8 Å². The largest absolute Gasteiger partial charge is 0.490 e. The Morgan fingerprint density at radius 1 is 1.07 bits per heavy atom. The highest BCUT2D eigenvalue weighted by molar-refractivity contribution is 5.92. The van der Waals surface area contributed by atoms with Gasteiger partial charge in [-0.2, -0.15) is 0 Å². The van der Waals surface area contributed by atoms with Gasteiger partial charge in [-0.25, -0.2) is 0 Å². The Labute approximate surface area is 235 Å². The van der Waals surface area contributed by atoms with Crippen molar-refractivity contribution < 1.29 is 23.9 Å². The standard InChI is InChI=1S/C31H38N4O5/c1-19-8-10-24-14-22(19)16-32-30(38)26(11-9-21-6-4-3-5-7-21)34-31(39)27(33-20(2)36)12-13-29(37)35-17-23-15-28(40-24)25(23)18-35/h3-8,10,14,23,25-28H,9,11-13,15-18H2,1-2H3,(H,32,38)(H,33,36)(H,34,39)/t23?,25?,26-,27-,28?/m0/s1. The van der Waals surface area contributed by atoms with Crippen LogP contribution in [0, 0.1) is 18.8 Å². The van der Waals surface area contributed by atoms with Crippen LogP contribution >= 0.6 is 0 Å². The molecule has 3 aliphatic rings. The summed E-state index contributed by atoms with van der Waals surface area (Å²) >= 11 is 0. The Kier molecular flexibility index (Phi) is 8.38. The highest BCUT2D eigenvalue weighted by atomic mass is 16.5. The van der Waals surface area contributed by atoms with Gasteiger partial charge in [0.1, 0.15) is 23.9 Å². The molecule has 1 saturated carbocycles. The summed E-state index contributed by atoms with van der Waals surface area (Å²) < 4.78 is 6.34. The quantitative estimate of drug-likeness (QED) is 0.544. The number of aryl methyl sites for hydroxylation is 2. The van der Waals surface area contributed by atoms with E-state index in [-0.39, 0.29) is 42.6 Å². The minimum Gasteiger partial charge on any atom is -0.490 e. The maximum Gasteiger partial charge on any atom is 0.243 e. The molecule has 4 bridgehead atoms. The SMILES string of the molecule is CC(=O)N[C@H]1CCC(=O)N2CC3CC(Oc4ccc(C)c(c4)CNC(=O)[C@H](CCc4ccccc4)NC1=O)C3C2. The van der Waals surface area contributed by atoms with Gasteiger partial charge in [0.05, 0.1) is 0 Å². The molecular formula is C31H38N4O5. The van der Waals surface area contributed by atoms with Crippen molar-refractivity contribution in [2.75, 3.05) is 13.1 Å². The average Bonchev–Trinajstić information content (AvgIpc) is 3.28. The molecule has 2 aliphatic heterocycles. The first-order valence-electron chi connectivity index (χ1n) is 14.2. The van der Waals surface area contributed by atoms with E-state index in [1.165, 1.54) is 6.92 Å². The first kappa shape index (κ1) is 27.7. The van der Waals surface area contributed by atoms with Crippen LogP contribution in [0.25, 0.3) is 0 Å². The highest BCUT2D eigenvalue weighted by Crippen LogP contribution is 2.43. The van der Waals surface area contributed by atoms with Crippen molar-refractivity contribution in [1.29, 1.82) is 0 Å². The second-order valence-corrected chi connectivity index (χ2v) is 11.3. The molecule has 5 atom stereocenters. The first-order chi connectivity index (χ1) is 19.3. The molecule has 40 heavy (non-hydrogen) atoms. The molecule has 2 aromatic carbocycles. The third-order valence-electron chi connectivity index (χ3n) is 8.46. The lowest BCUT2D eigenvalue weighted by Crippen LogP contribution is -2.53. The number of hydrogen-bond acceptors (Lipinski definition) is 5. The molecule has 9 heteroatoms. The predicted molar refractivity (Wildman–Crippen MR) is 149 cm³/mol. The fraction of sp³-hybridized carbons (Fsp3) is 0.484. The molecule has 4 amide bonds. The van der Waals surface area contributed by atoms with E-state index >= 15 is 0 Å². The molecule has 1 aliphatic carbocycles. The van der Waals surface area contributed by atoms with Crippen LogP contribution in [0.3, 0.4) is 0 Å². The third-order valence-corrected chi connectivity index (χ3v) is 8.46. The number of nitrogens with one attached hydrogen (secondary N) is 3. The zero-order chi connectivity index (χ0) is 28.2. The first-order valence-corrected chi connectivity index (χ1v) is 14.2. The number of rotatable bonds is 4. The Hall–Kier alpha value is -3.88. The Morgan fingerprint density at radius 2 is 1.88 bits per heavy atom. The van der Waals surface area contributed by atoms with Crippen LogP contribution in [0.5, 0.6) is 5.75 Å². The molecule has 3 N–H and O–H groups in total. The zero-order valence-corrected chi connectivity index (χ0v) is 23.2. The summed E-state index contributed by atoms with van der Waals surface area (Å²) in [5, 5.41) is 8.54. The van der Waals surface area contributed by atoms with Gasteiger partial charge in [-0.15, -0.1) is 0 Å². The van der Waals surface area contributed by atoms with Crippen molar-refractivity contribution in [3.05, 3.63) is 65.2 Å². The van der Waals surface area contributed by atoms with Crippen LogP contribution < -0.4 is 20.7 Å². The summed E-state index contributed by atoms with van der Waals surface area (Å²) in [6, 6.07) is 13.9. The van der Waals surface area contributed by atoms with Gasteiger partial charge in [0, 0.05) is 38.9 Å². The number of ether oxygens (including phenoxy) is 1. The minimum absolute atomic E-state index is 0.0339. The van der Waals surface area contributed by atoms with Gasteiger partial charge in [0.15, 0.2) is 0 Å². The molecule has 9 nitrogen and oxygen atoms in total. The van der Waals surface area contributed by atoms with Crippen LogP contribution in [0.2, 0.25) is 0 Å². The number of hydrogen-bond donors (Lipinski definition) is 3. The second kappa shape index (κ2) is 12.1. The number of carbonyl (C=O) groups is 4. The Morgan fingerprint density at radius 3 is 2.65 bits per heavy atom. The molecule has 2 heterocycles. The second-order valence-electron chi connectivity index (χ2n) is 11.3. The van der Waals surface area contributed by atoms with Crippen molar-refractivity contribution in [3.63, 3.8) is 0 Å². The van der Waals surface area contributed by atoms with Crippen LogP contribution in [0.15, 0.2) is 48.5 Å². The van der Waals surface area contributed by atoms with Gasteiger partial charge in [-0.05, 0) is 67.3 Å². The molecule has 0 radical (unpaired) electrons. The van der Waals surface area contributed by atoms with Crippen molar-refractivity contribution in [2.24, 2.45) is 11.8 Å². The molecule has 2 aromatic rings. The molecule has 0 aromatic heterocycles. The number of benzene rings is 2. The van der Waals surface area contributed by atoms with E-state index in [0.29, 0.717) is 38.4 Å². The van der Waals surface area contributed by atoms with Crippen molar-refractivity contribution in [1.82, 2.24) is 20.9 Å². The molecule has 212 valence electrons. The topological polar surface area (TPSA) is 117 Å². The van der Waals surface area contributed by atoms with E-state index in [4.69, 9.17) is 4.74 Å². The van der Waals surface area contributed by atoms with E-state index in [2.05, 4.69) is 16.0 Å². The van der Waals surface area contributed by atoms with E-state index in [1.807, 2.05) is 60.4 Å². The van der Waals surface area contributed by atoms with E-state index in [9.17, 15) is 19.2 Å². The van der Waals surface area contributed by atoms with Crippen LogP contribution in [-0.2, 0) is 32.1 Å². The third kappa shape index (κ3) is 6.46. The smallest absolute Gasteiger partial charge is 0.243 e. The normalized spacial score (nSPS) is 26.9. The molecule has 1 saturated heterocycles. The van der Waals surface area contributed by atoms with Crippen molar-refractivity contribution >= 4 is 23.6 Å². The van der Waals surface area contributed by atoms with Crippen molar-refractivity contribution in [3.8, 4) is 5.75 Å². The summed E-state index contributed by atoms with van der Waals surface area (Å²) in [6.45, 7) is 4.97. The molecule has 2 fully saturated rings. The Bertz CT molecular complexity index is 1270. The minimum atomic E-state index is -0.915. The number of fused-ring (bicyclic) bond motifs is 3. The van der Waals surface area contributed by atoms with Gasteiger partial charge in [-0.3, -0.25) is 19.2 Å². The lowest BCUT2D eigenvalue weighted by molar-refractivity contribution is -0.133. The summed E-state index contributed by atoms with van der Waals surface area (Å²) in [5.74, 6) is 0.289. The highest BCUT2D eigenvalue weighted by Gasteiger charge is 2.49. The maximum atomic E-state index is 13.4. The zero-order valence-electron chi connectivity index (χ0n) is 23.2. The van der Waals surface area contributed by atoms with Crippen LogP contribution in [0.4, 0.5) is 0 Å². The molecule has 3 unspecified atom stereocenters. The molecule has 0 spiro atoms. The lowest BCUT2D eigenvalue weighted by Gasteiger charge is -2.39. The van der Waals surface area contributed by atoms with Gasteiger partial charge < -0.3 is 25.6 Å². The van der Waals surface area contributed by atoms with Crippen LogP contribution in [0.1, 0.15) is 49.3 Å². The lowest BCUT2D eigenvalue weighted by atomic mass is 9.73. The fourth-order valence-corrected chi connectivity index (χ4v) is 6.01. The molecule has 5 rings (SSSR count). The van der Waals surface area contributed by atoms with Gasteiger partial charge in [-0.1, -0.05) is 36.4 Å². The van der Waals surface area contributed by atoms with E-state index in [1.54, 1.807) is 0 Å². The average molecular weight is 547 g/mol. The summed E-state index contributed by atoms with van der Waals surface area (Å²) in [6.07, 6.45) is 2.20. The van der Waals surface area contributed by atoms with E-state index < -0.39 is 18.0 Å². The molecular weight excluding hydrogens is 508 g/mol. The summed E-state index contributed by atoms with van der Waals surface area (Å²) in [7, 11) is 0. The summed E-state index contributed by atoms with van der Waals surface area (Å²) in [5.41, 5.74) is 3.02. The number of carbonyl (C=O) groups excluding carboxylic acids is 4.